The van der Waals surface area contributed by atoms with Gasteiger partial charge in [0.1, 0.15) is 0 Å². The molecule has 0 saturated heterocycles. The van der Waals surface area contributed by atoms with E-state index in [-0.39, 0.29) is 12.0 Å². The van der Waals surface area contributed by atoms with Crippen LogP contribution in [0.5, 0.6) is 5.75 Å². The smallest absolute Gasteiger partial charge is 0.419 e. The second-order valence-electron chi connectivity index (χ2n) is 4.98. The van der Waals surface area contributed by atoms with Crippen molar-refractivity contribution in [2.24, 2.45) is 0 Å². The Morgan fingerprint density at radius 3 is 2.23 bits per heavy atom. The maximum atomic E-state index is 13.7. The highest BCUT2D eigenvalue weighted by Gasteiger charge is 2.54. The van der Waals surface area contributed by atoms with Crippen molar-refractivity contribution in [1.82, 2.24) is 0 Å². The van der Waals surface area contributed by atoms with Gasteiger partial charge in [-0.25, -0.2) is 4.39 Å². The Balaban J connectivity index is 3.26. The molecule has 0 fully saturated rings. The fraction of sp³-hybridized carbons (Fsp3) is 0.571. The van der Waals surface area contributed by atoms with Crippen LogP contribution in [0.4, 0.5) is 22.0 Å². The topological polar surface area (TPSA) is 49.7 Å². The van der Waals surface area contributed by atoms with Crippen LogP contribution in [0.25, 0.3) is 0 Å². The zero-order chi connectivity index (χ0) is 17.1. The summed E-state index contributed by atoms with van der Waals surface area (Å²) in [7, 11) is 1.07. The van der Waals surface area contributed by atoms with E-state index in [1.54, 1.807) is 0 Å². The Morgan fingerprint density at radius 2 is 1.82 bits per heavy atom. The highest BCUT2D eigenvalue weighted by Crippen LogP contribution is 2.42. The van der Waals surface area contributed by atoms with Crippen molar-refractivity contribution in [2.45, 2.75) is 37.5 Å². The lowest BCUT2D eigenvalue weighted by Crippen LogP contribution is -2.49. The lowest BCUT2D eigenvalue weighted by atomic mass is 9.83. The standard InChI is InChI=1S/C14H17F5O3/c1-3-8(6-13(21,7-20)14(17,18)19)9-4-5-10(15)11(16)12(9)22-2/h4-5,8,20-21H,3,6-7H2,1-2H3. The van der Waals surface area contributed by atoms with E-state index in [0.717, 1.165) is 19.2 Å². The van der Waals surface area contributed by atoms with Crippen molar-refractivity contribution in [3.63, 3.8) is 0 Å². The van der Waals surface area contributed by atoms with E-state index in [0.29, 0.717) is 0 Å². The second kappa shape index (κ2) is 6.78. The summed E-state index contributed by atoms with van der Waals surface area (Å²) in [6, 6.07) is 1.89. The van der Waals surface area contributed by atoms with Gasteiger partial charge in [0.2, 0.25) is 5.82 Å². The van der Waals surface area contributed by atoms with Gasteiger partial charge in [0, 0.05) is 5.56 Å². The summed E-state index contributed by atoms with van der Waals surface area (Å²) in [4.78, 5) is 0. The molecule has 0 radical (unpaired) electrons. The quantitative estimate of drug-likeness (QED) is 0.789. The molecule has 0 aliphatic heterocycles. The number of methoxy groups -OCH3 is 1. The summed E-state index contributed by atoms with van der Waals surface area (Å²) in [5.74, 6) is -3.99. The minimum absolute atomic E-state index is 0.0000231. The van der Waals surface area contributed by atoms with Crippen molar-refractivity contribution >= 4 is 0 Å². The van der Waals surface area contributed by atoms with Crippen LogP contribution in [0.3, 0.4) is 0 Å². The summed E-state index contributed by atoms with van der Waals surface area (Å²) >= 11 is 0. The molecule has 2 atom stereocenters. The van der Waals surface area contributed by atoms with E-state index >= 15 is 0 Å². The minimum atomic E-state index is -5.05. The Hall–Kier alpha value is -1.41. The van der Waals surface area contributed by atoms with Crippen LogP contribution in [-0.4, -0.2) is 35.7 Å². The van der Waals surface area contributed by atoms with Crippen LogP contribution in [0.15, 0.2) is 12.1 Å². The molecule has 1 rings (SSSR count). The molecule has 2 unspecified atom stereocenters. The summed E-state index contributed by atoms with van der Waals surface area (Å²) < 4.78 is 70.2. The normalized spacial score (nSPS) is 16.2. The van der Waals surface area contributed by atoms with Crippen LogP contribution < -0.4 is 4.74 Å². The van der Waals surface area contributed by atoms with Crippen LogP contribution in [0, 0.1) is 11.6 Å². The lowest BCUT2D eigenvalue weighted by molar-refractivity contribution is -0.274. The SMILES string of the molecule is CCC(CC(O)(CO)C(F)(F)F)c1ccc(F)c(F)c1OC. The number of ether oxygens (including phenoxy) is 1. The molecule has 126 valence electrons. The molecule has 0 aliphatic carbocycles. The third-order valence-corrected chi connectivity index (χ3v) is 3.59. The van der Waals surface area contributed by atoms with E-state index in [9.17, 15) is 27.1 Å². The van der Waals surface area contributed by atoms with Gasteiger partial charge in [-0.05, 0) is 24.8 Å². The van der Waals surface area contributed by atoms with Crippen molar-refractivity contribution in [1.29, 1.82) is 0 Å². The van der Waals surface area contributed by atoms with Gasteiger partial charge >= 0.3 is 6.18 Å². The Kier molecular flexibility index (Phi) is 5.75. The number of benzene rings is 1. The molecule has 22 heavy (non-hydrogen) atoms. The van der Waals surface area contributed by atoms with Crippen LogP contribution in [0.1, 0.15) is 31.2 Å². The zero-order valence-electron chi connectivity index (χ0n) is 12.0. The average molecular weight is 328 g/mol. The number of rotatable bonds is 6. The maximum Gasteiger partial charge on any atom is 0.419 e. The van der Waals surface area contributed by atoms with Gasteiger partial charge in [0.05, 0.1) is 13.7 Å². The van der Waals surface area contributed by atoms with Gasteiger partial charge in [0.15, 0.2) is 17.2 Å². The first-order valence-corrected chi connectivity index (χ1v) is 6.53. The number of aliphatic hydroxyl groups is 2. The molecule has 3 nitrogen and oxygen atoms in total. The second-order valence-corrected chi connectivity index (χ2v) is 4.98. The first-order valence-electron chi connectivity index (χ1n) is 6.53. The minimum Gasteiger partial charge on any atom is -0.493 e. The number of hydrogen-bond acceptors (Lipinski definition) is 3. The molecular formula is C14H17F5O3. The van der Waals surface area contributed by atoms with Crippen LogP contribution in [0.2, 0.25) is 0 Å². The number of aliphatic hydroxyl groups excluding tert-OH is 1. The molecule has 1 aromatic rings. The summed E-state index contributed by atoms with van der Waals surface area (Å²) in [5, 5.41) is 18.5. The first-order chi connectivity index (χ1) is 10.1. The molecule has 8 heteroatoms. The monoisotopic (exact) mass is 328 g/mol. The largest absolute Gasteiger partial charge is 0.493 e. The van der Waals surface area contributed by atoms with Crippen molar-refractivity contribution in [3.8, 4) is 5.75 Å². The van der Waals surface area contributed by atoms with E-state index in [1.807, 2.05) is 0 Å². The van der Waals surface area contributed by atoms with Gasteiger partial charge < -0.3 is 14.9 Å². The molecule has 0 aromatic heterocycles. The summed E-state index contributed by atoms with van der Waals surface area (Å²) in [5.41, 5.74) is -3.33. The molecule has 0 aliphatic rings. The number of hydrogen-bond donors (Lipinski definition) is 2. The summed E-state index contributed by atoms with van der Waals surface area (Å²) in [6.45, 7) is -0.00146. The molecule has 0 bridgehead atoms. The van der Waals surface area contributed by atoms with E-state index < -0.39 is 48.1 Å². The predicted molar refractivity (Wildman–Crippen MR) is 68.6 cm³/mol. The van der Waals surface area contributed by atoms with Gasteiger partial charge in [-0.15, -0.1) is 0 Å². The average Bonchev–Trinajstić information content (AvgIpc) is 2.46. The fourth-order valence-corrected chi connectivity index (χ4v) is 2.23. The maximum absolute atomic E-state index is 13.7. The molecule has 1 aromatic carbocycles. The van der Waals surface area contributed by atoms with Crippen molar-refractivity contribution in [3.05, 3.63) is 29.3 Å². The fourth-order valence-electron chi connectivity index (χ4n) is 2.23. The third-order valence-electron chi connectivity index (χ3n) is 3.59. The molecule has 0 heterocycles. The lowest BCUT2D eigenvalue weighted by Gasteiger charge is -2.32. The molecule has 0 spiro atoms. The van der Waals surface area contributed by atoms with Gasteiger partial charge in [-0.3, -0.25) is 0 Å². The molecule has 2 N–H and O–H groups in total. The van der Waals surface area contributed by atoms with Crippen LogP contribution >= 0.6 is 0 Å². The highest BCUT2D eigenvalue weighted by molar-refractivity contribution is 5.38. The van der Waals surface area contributed by atoms with Gasteiger partial charge in [0.25, 0.3) is 0 Å². The Labute approximate surface area is 124 Å². The van der Waals surface area contributed by atoms with E-state index in [4.69, 9.17) is 9.84 Å². The summed E-state index contributed by atoms with van der Waals surface area (Å²) in [6.07, 6.45) is -5.86. The number of alkyl halides is 3. The third kappa shape index (κ3) is 3.49. The zero-order valence-corrected chi connectivity index (χ0v) is 12.0. The molecule has 0 saturated carbocycles. The Bertz CT molecular complexity index is 518. The first kappa shape index (κ1) is 18.6. The van der Waals surface area contributed by atoms with Crippen LogP contribution in [-0.2, 0) is 0 Å². The van der Waals surface area contributed by atoms with E-state index in [2.05, 4.69) is 0 Å². The van der Waals surface area contributed by atoms with Gasteiger partial charge in [-0.2, -0.15) is 17.6 Å². The molecular weight excluding hydrogens is 311 g/mol. The van der Waals surface area contributed by atoms with E-state index in [1.165, 1.54) is 6.92 Å². The molecule has 0 amide bonds. The van der Waals surface area contributed by atoms with Gasteiger partial charge in [-0.1, -0.05) is 13.0 Å². The number of halogens is 5. The predicted octanol–water partition coefficient (Wildman–Crippen LogP) is 3.14. The highest BCUT2D eigenvalue weighted by atomic mass is 19.4. The van der Waals surface area contributed by atoms with Crippen molar-refractivity contribution in [2.75, 3.05) is 13.7 Å². The Morgan fingerprint density at radius 1 is 1.23 bits per heavy atom. The van der Waals surface area contributed by atoms with Crippen molar-refractivity contribution < 1.29 is 36.9 Å².